The average Bonchev–Trinajstić information content (AvgIpc) is 1.58. The molecule has 0 heterocycles. The fourth-order valence-electron chi connectivity index (χ4n) is 13.8. The molecule has 4 heteroatoms. The lowest BCUT2D eigenvalue weighted by atomic mass is 9.81. The van der Waals surface area contributed by atoms with Gasteiger partial charge in [-0.1, -0.05) is 258 Å². The zero-order valence-corrected chi connectivity index (χ0v) is 50.7. The molecule has 0 N–H and O–H groups in total. The molecule has 2 aliphatic rings. The van der Waals surface area contributed by atoms with Gasteiger partial charge in [-0.3, -0.25) is 0 Å². The van der Waals surface area contributed by atoms with Crippen molar-refractivity contribution < 1.29 is 0 Å². The van der Waals surface area contributed by atoms with E-state index in [1.807, 2.05) is 36.4 Å². The Morgan fingerprint density at radius 2 is 0.678 bits per heavy atom. The molecule has 0 saturated carbocycles. The average molecular weight is 1150 g/mol. The first-order valence-electron chi connectivity index (χ1n) is 30.8. The van der Waals surface area contributed by atoms with Gasteiger partial charge in [-0.05, 0) is 173 Å². The van der Waals surface area contributed by atoms with E-state index < -0.39 is 0 Å². The number of nitrogens with zero attached hydrogens (tertiary/aromatic N) is 4. The summed E-state index contributed by atoms with van der Waals surface area (Å²) in [6, 6.07) is 102. The van der Waals surface area contributed by atoms with E-state index in [4.69, 9.17) is 6.57 Å². The first-order chi connectivity index (χ1) is 44.0. The Labute approximate surface area is 527 Å². The third-order valence-electron chi connectivity index (χ3n) is 18.7. The Hall–Kier alpha value is -11.6. The molecule has 0 atom stereocenters. The molecule has 15 rings (SSSR count). The molecule has 426 valence electrons. The molecule has 2 aliphatic carbocycles. The Kier molecular flexibility index (Phi) is 13.6. The van der Waals surface area contributed by atoms with Crippen molar-refractivity contribution in [2.24, 2.45) is 0 Å². The zero-order chi connectivity index (χ0) is 61.1. The summed E-state index contributed by atoms with van der Waals surface area (Å²) in [6.45, 7) is 17.0. The molecular weight excluding hydrogens is 1090 g/mol. The van der Waals surface area contributed by atoms with Crippen molar-refractivity contribution in [2.45, 2.75) is 38.5 Å². The van der Waals surface area contributed by atoms with Gasteiger partial charge in [-0.25, -0.2) is 4.85 Å². The number of nitriles is 1. The van der Waals surface area contributed by atoms with Gasteiger partial charge in [0.15, 0.2) is 5.69 Å². The highest BCUT2D eigenvalue weighted by atomic mass is 15.1. The van der Waals surface area contributed by atoms with E-state index in [9.17, 15) is 5.26 Å². The summed E-state index contributed by atoms with van der Waals surface area (Å²) in [4.78, 5) is 8.33. The van der Waals surface area contributed by atoms with E-state index in [2.05, 4.69) is 315 Å². The summed E-state index contributed by atoms with van der Waals surface area (Å²) in [5.41, 5.74) is 26.9. The van der Waals surface area contributed by atoms with Crippen LogP contribution >= 0.6 is 0 Å². The smallest absolute Gasteiger partial charge is 0.187 e. The molecule has 0 unspecified atom stereocenters. The van der Waals surface area contributed by atoms with Crippen LogP contribution < -0.4 is 9.80 Å². The predicted octanol–water partition coefficient (Wildman–Crippen LogP) is 23.6. The highest BCUT2D eigenvalue weighted by Gasteiger charge is 2.38. The highest BCUT2D eigenvalue weighted by molar-refractivity contribution is 6.01. The first kappa shape index (κ1) is 55.0. The molecule has 0 radical (unpaired) electrons. The SMILES string of the molecule is [C-]#[N+]c1ccc(N(c2ccc3c(c2)C(C)(C)c2cc(C=Cc4ccc(-c5ccc(-c6ccc(C=Cc7ccc8c(c7)C(C)(C)c7cc(N(c9ccc(C#N)cc9)c9cccc%10ccccc9%10)ccc7-8)cc6)cc5)cc4)ccc2-3)c2cccc3ccccc23)cc1. The lowest BCUT2D eigenvalue weighted by molar-refractivity contribution is 0.660. The van der Waals surface area contributed by atoms with E-state index >= 15 is 0 Å². The van der Waals surface area contributed by atoms with Crippen LogP contribution in [0.15, 0.2) is 279 Å². The molecule has 0 spiro atoms. The van der Waals surface area contributed by atoms with Crippen molar-refractivity contribution in [3.8, 4) is 50.6 Å². The molecule has 0 aromatic heterocycles. The van der Waals surface area contributed by atoms with Crippen LogP contribution in [-0.4, -0.2) is 0 Å². The van der Waals surface area contributed by atoms with Gasteiger partial charge in [0.25, 0.3) is 0 Å². The molecule has 0 bridgehead atoms. The first-order valence-corrected chi connectivity index (χ1v) is 30.8. The third-order valence-corrected chi connectivity index (χ3v) is 18.7. The number of anilines is 6. The molecule has 0 saturated heterocycles. The highest BCUT2D eigenvalue weighted by Crippen LogP contribution is 2.54. The Morgan fingerprint density at radius 3 is 1.09 bits per heavy atom. The molecule has 13 aromatic carbocycles. The maximum absolute atomic E-state index is 9.63. The van der Waals surface area contributed by atoms with Gasteiger partial charge in [0, 0.05) is 44.4 Å². The second-order valence-corrected chi connectivity index (χ2v) is 24.8. The molecule has 0 fully saturated rings. The number of benzene rings is 13. The molecular formula is C86H62N4. The van der Waals surface area contributed by atoms with Crippen LogP contribution in [0.25, 0.3) is 95.2 Å². The Morgan fingerprint density at radius 1 is 0.344 bits per heavy atom. The number of fused-ring (bicyclic) bond motifs is 8. The van der Waals surface area contributed by atoms with E-state index in [0.29, 0.717) is 11.3 Å². The second kappa shape index (κ2) is 22.3. The Balaban J connectivity index is 0.609. The van der Waals surface area contributed by atoms with Crippen molar-refractivity contribution in [3.63, 3.8) is 0 Å². The maximum atomic E-state index is 9.63. The van der Waals surface area contributed by atoms with Gasteiger partial charge in [0.05, 0.1) is 29.6 Å². The molecule has 4 nitrogen and oxygen atoms in total. The molecule has 90 heavy (non-hydrogen) atoms. The summed E-state index contributed by atoms with van der Waals surface area (Å²) in [6.07, 6.45) is 8.89. The van der Waals surface area contributed by atoms with Crippen molar-refractivity contribution >= 4 is 85.7 Å². The summed E-state index contributed by atoms with van der Waals surface area (Å²) >= 11 is 0. The summed E-state index contributed by atoms with van der Waals surface area (Å²) in [5, 5.41) is 14.3. The van der Waals surface area contributed by atoms with E-state index in [0.717, 1.165) is 45.3 Å². The standard InChI is InChI=1S/C86H62N4/c1-85(2)79-52-59(30-48-75(79)77-50-46-71(54-81(77)85)89(69-42-28-61(56-87)29-43-69)83-18-10-14-66-12-6-8-16-73(66)83)22-20-57-24-32-62(33-25-57)64-36-38-65(39-37-64)63-34-26-58(27-35-63)21-23-60-31-49-76-78-51-47-72(55-82(78)86(3,4)80(76)53-60)90(70-44-40-68(88-5)41-45-70)84-19-11-15-67-13-7-9-17-74(67)84/h6-55H,1-4H3. The topological polar surface area (TPSA) is 34.6 Å². The lowest BCUT2D eigenvalue weighted by Crippen LogP contribution is -2.17. The largest absolute Gasteiger partial charge is 0.310 e. The van der Waals surface area contributed by atoms with Gasteiger partial charge in [0.2, 0.25) is 0 Å². The van der Waals surface area contributed by atoms with Crippen molar-refractivity contribution in [3.05, 3.63) is 341 Å². The quantitative estimate of drug-likeness (QED) is 0.0903. The van der Waals surface area contributed by atoms with Crippen LogP contribution in [0, 0.1) is 17.9 Å². The van der Waals surface area contributed by atoms with Crippen LogP contribution in [0.5, 0.6) is 0 Å². The number of rotatable bonds is 12. The van der Waals surface area contributed by atoms with E-state index in [-0.39, 0.29) is 10.8 Å². The van der Waals surface area contributed by atoms with Crippen LogP contribution in [0.3, 0.4) is 0 Å². The van der Waals surface area contributed by atoms with E-state index in [1.54, 1.807) is 0 Å². The maximum Gasteiger partial charge on any atom is 0.187 e. The van der Waals surface area contributed by atoms with Gasteiger partial charge in [0.1, 0.15) is 0 Å². The minimum atomic E-state index is -0.231. The predicted molar refractivity (Wildman–Crippen MR) is 379 cm³/mol. The van der Waals surface area contributed by atoms with Gasteiger partial charge < -0.3 is 9.80 Å². The van der Waals surface area contributed by atoms with Gasteiger partial charge in [-0.2, -0.15) is 5.26 Å². The summed E-state index contributed by atoms with van der Waals surface area (Å²) < 4.78 is 0. The van der Waals surface area contributed by atoms with Crippen LogP contribution in [0.1, 0.15) is 77.8 Å². The minimum Gasteiger partial charge on any atom is -0.310 e. The van der Waals surface area contributed by atoms with Gasteiger partial charge >= 0.3 is 0 Å². The summed E-state index contributed by atoms with van der Waals surface area (Å²) in [7, 11) is 0. The minimum absolute atomic E-state index is 0.228. The summed E-state index contributed by atoms with van der Waals surface area (Å²) in [5.74, 6) is 0. The lowest BCUT2D eigenvalue weighted by Gasteiger charge is -2.29. The number of hydrogen-bond acceptors (Lipinski definition) is 3. The normalized spacial score (nSPS) is 13.2. The fourth-order valence-corrected chi connectivity index (χ4v) is 13.8. The Bertz CT molecular complexity index is 4770. The number of hydrogen-bond donors (Lipinski definition) is 0. The fraction of sp³-hybridized carbons (Fsp3) is 0.0698. The van der Waals surface area contributed by atoms with Crippen LogP contribution in [0.2, 0.25) is 0 Å². The molecule has 13 aromatic rings. The van der Waals surface area contributed by atoms with Crippen molar-refractivity contribution in [1.29, 1.82) is 5.26 Å². The third kappa shape index (κ3) is 9.82. The van der Waals surface area contributed by atoms with Crippen molar-refractivity contribution in [1.82, 2.24) is 0 Å². The zero-order valence-electron chi connectivity index (χ0n) is 50.7. The molecule has 0 amide bonds. The van der Waals surface area contributed by atoms with E-state index in [1.165, 1.54) is 99.4 Å². The van der Waals surface area contributed by atoms with Crippen LogP contribution in [0.4, 0.5) is 39.8 Å². The van der Waals surface area contributed by atoms with Crippen LogP contribution in [-0.2, 0) is 10.8 Å². The van der Waals surface area contributed by atoms with Gasteiger partial charge in [-0.15, -0.1) is 0 Å². The monoisotopic (exact) mass is 1150 g/mol. The second-order valence-electron chi connectivity index (χ2n) is 24.8. The van der Waals surface area contributed by atoms with Crippen molar-refractivity contribution in [2.75, 3.05) is 9.80 Å². The molecule has 0 aliphatic heterocycles.